The van der Waals surface area contributed by atoms with E-state index in [0.717, 1.165) is 28.2 Å². The highest BCUT2D eigenvalue weighted by Gasteiger charge is 2.47. The van der Waals surface area contributed by atoms with Gasteiger partial charge in [0.05, 0.1) is 11.1 Å². The van der Waals surface area contributed by atoms with Crippen molar-refractivity contribution in [1.29, 1.82) is 0 Å². The zero-order valence-corrected chi connectivity index (χ0v) is 39.7. The second-order valence-corrected chi connectivity index (χ2v) is 18.8. The molecular weight excluding hydrogens is 867 g/mol. The predicted molar refractivity (Wildman–Crippen MR) is 303 cm³/mol. The molecular formula is C71H49N. The van der Waals surface area contributed by atoms with Gasteiger partial charge in [-0.3, -0.25) is 0 Å². The molecule has 1 heteroatoms. The lowest BCUT2D eigenvalue weighted by molar-refractivity contribution is 0.768. The second-order valence-electron chi connectivity index (χ2n) is 18.8. The highest BCUT2D eigenvalue weighted by atomic mass is 15.1. The largest absolute Gasteiger partial charge is 0.310 e. The van der Waals surface area contributed by atoms with Gasteiger partial charge in [-0.05, 0) is 143 Å². The van der Waals surface area contributed by atoms with Crippen molar-refractivity contribution in [2.75, 3.05) is 4.90 Å². The molecule has 0 saturated carbocycles. The van der Waals surface area contributed by atoms with Crippen molar-refractivity contribution in [3.05, 3.63) is 320 Å². The second kappa shape index (κ2) is 18.2. The van der Waals surface area contributed by atoms with Crippen LogP contribution in [0.2, 0.25) is 0 Å². The third-order valence-electron chi connectivity index (χ3n) is 14.7. The fourth-order valence-corrected chi connectivity index (χ4v) is 11.3. The lowest BCUT2D eigenvalue weighted by Gasteiger charge is -2.34. The first kappa shape index (κ1) is 42.8. The molecule has 0 radical (unpaired) electrons. The van der Waals surface area contributed by atoms with Crippen LogP contribution in [0.1, 0.15) is 22.3 Å². The first-order valence-electron chi connectivity index (χ1n) is 24.9. The van der Waals surface area contributed by atoms with E-state index in [9.17, 15) is 0 Å². The Hall–Kier alpha value is -9.30. The average molecular weight is 916 g/mol. The van der Waals surface area contributed by atoms with Crippen LogP contribution in [0.25, 0.3) is 77.5 Å². The predicted octanol–water partition coefficient (Wildman–Crippen LogP) is 19.0. The van der Waals surface area contributed by atoms with Crippen LogP contribution in [0.15, 0.2) is 297 Å². The number of benzene rings is 12. The zero-order chi connectivity index (χ0) is 47.8. The molecule has 12 aromatic carbocycles. The molecule has 72 heavy (non-hydrogen) atoms. The molecule has 0 spiro atoms. The van der Waals surface area contributed by atoms with E-state index in [0.29, 0.717) is 0 Å². The molecule has 12 aromatic rings. The van der Waals surface area contributed by atoms with Crippen molar-refractivity contribution in [2.24, 2.45) is 0 Å². The lowest BCUT2D eigenvalue weighted by Crippen LogP contribution is -2.28. The zero-order valence-electron chi connectivity index (χ0n) is 39.7. The molecule has 338 valence electrons. The molecule has 0 fully saturated rings. The van der Waals surface area contributed by atoms with E-state index in [4.69, 9.17) is 0 Å². The first-order valence-corrected chi connectivity index (χ1v) is 24.9. The summed E-state index contributed by atoms with van der Waals surface area (Å²) in [6, 6.07) is 109. The number of hydrogen-bond acceptors (Lipinski definition) is 1. The van der Waals surface area contributed by atoms with Gasteiger partial charge in [-0.2, -0.15) is 0 Å². The van der Waals surface area contributed by atoms with Crippen LogP contribution in [0.3, 0.4) is 0 Å². The molecule has 0 bridgehead atoms. The van der Waals surface area contributed by atoms with E-state index in [1.807, 2.05) is 0 Å². The summed E-state index contributed by atoms with van der Waals surface area (Å²) in [7, 11) is 0. The SMILES string of the molecule is c1ccc(-c2cccc(-c3cccc(N(c4ccc(-c5ccc(-c6cccc(-c7ccc8ccccc8c7)c6)cc5)cc4)c4cccc5c4-c4ccccc4C5(c4ccccc4)c4ccccc4)c3)c2)cc1. The Morgan fingerprint density at radius 3 is 1.29 bits per heavy atom. The van der Waals surface area contributed by atoms with E-state index < -0.39 is 5.41 Å². The molecule has 0 unspecified atom stereocenters. The Bertz CT molecular complexity index is 3850. The summed E-state index contributed by atoms with van der Waals surface area (Å²) >= 11 is 0. The number of nitrogens with zero attached hydrogens (tertiary/aromatic N) is 1. The fraction of sp³-hybridized carbons (Fsp3) is 0.0141. The molecule has 0 saturated heterocycles. The van der Waals surface area contributed by atoms with Crippen molar-refractivity contribution in [1.82, 2.24) is 0 Å². The van der Waals surface area contributed by atoms with E-state index in [1.54, 1.807) is 0 Å². The van der Waals surface area contributed by atoms with Gasteiger partial charge in [0.1, 0.15) is 0 Å². The van der Waals surface area contributed by atoms with E-state index in [2.05, 4.69) is 302 Å². The Labute approximate surface area is 422 Å². The third-order valence-corrected chi connectivity index (χ3v) is 14.7. The van der Waals surface area contributed by atoms with Crippen LogP contribution >= 0.6 is 0 Å². The van der Waals surface area contributed by atoms with Crippen LogP contribution < -0.4 is 4.90 Å². The molecule has 0 amide bonds. The molecule has 1 nitrogen and oxygen atoms in total. The molecule has 0 atom stereocenters. The smallest absolute Gasteiger partial charge is 0.0714 e. The van der Waals surface area contributed by atoms with E-state index >= 15 is 0 Å². The minimum absolute atomic E-state index is 0.524. The minimum atomic E-state index is -0.524. The van der Waals surface area contributed by atoms with E-state index in [1.165, 1.54) is 88.7 Å². The summed E-state index contributed by atoms with van der Waals surface area (Å²) in [4.78, 5) is 2.47. The summed E-state index contributed by atoms with van der Waals surface area (Å²) in [6.07, 6.45) is 0. The summed E-state index contributed by atoms with van der Waals surface area (Å²) in [5, 5.41) is 2.51. The number of hydrogen-bond donors (Lipinski definition) is 0. The monoisotopic (exact) mass is 915 g/mol. The van der Waals surface area contributed by atoms with Gasteiger partial charge in [0, 0.05) is 16.9 Å². The Morgan fingerprint density at radius 2 is 0.653 bits per heavy atom. The van der Waals surface area contributed by atoms with Crippen molar-refractivity contribution in [3.63, 3.8) is 0 Å². The normalized spacial score (nSPS) is 12.3. The van der Waals surface area contributed by atoms with Crippen LogP contribution in [0.5, 0.6) is 0 Å². The van der Waals surface area contributed by atoms with Crippen molar-refractivity contribution < 1.29 is 0 Å². The molecule has 0 N–H and O–H groups in total. The molecule has 1 aliphatic rings. The van der Waals surface area contributed by atoms with Gasteiger partial charge < -0.3 is 4.90 Å². The fourth-order valence-electron chi connectivity index (χ4n) is 11.3. The highest BCUT2D eigenvalue weighted by Crippen LogP contribution is 2.59. The third kappa shape index (κ3) is 7.51. The summed E-state index contributed by atoms with van der Waals surface area (Å²) in [5.74, 6) is 0. The lowest BCUT2D eigenvalue weighted by atomic mass is 9.68. The number of rotatable bonds is 10. The van der Waals surface area contributed by atoms with Gasteiger partial charge in [-0.25, -0.2) is 0 Å². The Balaban J connectivity index is 0.922. The summed E-state index contributed by atoms with van der Waals surface area (Å²) < 4.78 is 0. The number of anilines is 3. The standard InChI is InChI=1S/C71H49N/c1-4-18-50(19-5-1)56-22-14-24-58(46-56)60-26-16-31-65(49-60)72(69-35-17-34-68-70(69)66-32-12-13-33-67(66)71(68,62-27-6-2-7-28-62)63-29-8-3-9-30-63)64-44-42-53(43-45-64)52-36-38-54(39-37-52)57-23-15-25-59(47-57)61-41-40-51-20-10-11-21-55(51)48-61/h1-49H. The van der Waals surface area contributed by atoms with Crippen LogP contribution in [-0.4, -0.2) is 0 Å². The maximum absolute atomic E-state index is 2.47. The molecule has 0 aromatic heterocycles. The summed E-state index contributed by atoms with van der Waals surface area (Å²) in [5.41, 5.74) is 22.2. The van der Waals surface area contributed by atoms with Gasteiger partial charge in [-0.1, -0.05) is 249 Å². The molecule has 13 rings (SSSR count). The van der Waals surface area contributed by atoms with Crippen molar-refractivity contribution in [2.45, 2.75) is 5.41 Å². The minimum Gasteiger partial charge on any atom is -0.310 e. The highest BCUT2D eigenvalue weighted by molar-refractivity contribution is 5.98. The van der Waals surface area contributed by atoms with Crippen LogP contribution in [0, 0.1) is 0 Å². The maximum atomic E-state index is 2.47. The van der Waals surface area contributed by atoms with Crippen LogP contribution in [0.4, 0.5) is 17.1 Å². The average Bonchev–Trinajstić information content (AvgIpc) is 3.78. The van der Waals surface area contributed by atoms with Gasteiger partial charge in [0.25, 0.3) is 0 Å². The van der Waals surface area contributed by atoms with Gasteiger partial charge >= 0.3 is 0 Å². The van der Waals surface area contributed by atoms with Crippen molar-refractivity contribution >= 4 is 27.8 Å². The molecule has 1 aliphatic carbocycles. The van der Waals surface area contributed by atoms with E-state index in [-0.39, 0.29) is 0 Å². The Morgan fingerprint density at radius 1 is 0.236 bits per heavy atom. The first-order chi connectivity index (χ1) is 35.7. The van der Waals surface area contributed by atoms with Gasteiger partial charge in [0.15, 0.2) is 0 Å². The Kier molecular flexibility index (Phi) is 10.8. The maximum Gasteiger partial charge on any atom is 0.0714 e. The molecule has 0 aliphatic heterocycles. The number of fused-ring (bicyclic) bond motifs is 4. The topological polar surface area (TPSA) is 3.24 Å². The van der Waals surface area contributed by atoms with Crippen LogP contribution in [-0.2, 0) is 5.41 Å². The quantitative estimate of drug-likeness (QED) is 0.132. The van der Waals surface area contributed by atoms with Gasteiger partial charge in [0.2, 0.25) is 0 Å². The van der Waals surface area contributed by atoms with Crippen molar-refractivity contribution in [3.8, 4) is 66.8 Å². The summed E-state index contributed by atoms with van der Waals surface area (Å²) in [6.45, 7) is 0. The van der Waals surface area contributed by atoms with Gasteiger partial charge in [-0.15, -0.1) is 0 Å². The molecule has 0 heterocycles.